The first-order valence-corrected chi connectivity index (χ1v) is 11.6. The largest absolute Gasteiger partial charge is 0.370 e. The summed E-state index contributed by atoms with van der Waals surface area (Å²) >= 11 is 0. The number of aryl methyl sites for hydroxylation is 1. The Balaban J connectivity index is 1.42. The van der Waals surface area contributed by atoms with Crippen molar-refractivity contribution >= 4 is 28.9 Å². The van der Waals surface area contributed by atoms with Crippen molar-refractivity contribution in [2.24, 2.45) is 0 Å². The molecule has 0 aliphatic carbocycles. The van der Waals surface area contributed by atoms with Crippen LogP contribution in [-0.2, 0) is 11.2 Å². The quantitative estimate of drug-likeness (QED) is 0.554. The smallest absolute Gasteiger partial charge is 0.258 e. The first-order chi connectivity index (χ1) is 16.0. The summed E-state index contributed by atoms with van der Waals surface area (Å²) in [6.07, 6.45) is 3.95. The van der Waals surface area contributed by atoms with Crippen LogP contribution in [0, 0.1) is 6.92 Å². The third kappa shape index (κ3) is 5.61. The average Bonchev–Trinajstić information content (AvgIpc) is 2.85. The van der Waals surface area contributed by atoms with Crippen molar-refractivity contribution in [1.82, 2.24) is 0 Å². The number of para-hydroxylation sites is 2. The van der Waals surface area contributed by atoms with Crippen LogP contribution in [0.15, 0.2) is 72.8 Å². The van der Waals surface area contributed by atoms with E-state index in [4.69, 9.17) is 0 Å². The highest BCUT2D eigenvalue weighted by Gasteiger charge is 2.20. The second-order valence-electron chi connectivity index (χ2n) is 8.69. The van der Waals surface area contributed by atoms with Gasteiger partial charge in [0, 0.05) is 31.4 Å². The van der Waals surface area contributed by atoms with E-state index in [2.05, 4.69) is 16.3 Å². The lowest BCUT2D eigenvalue weighted by Gasteiger charge is -2.32. The standard InChI is InChI=1S/C28H31N3O2/c1-21-10-12-22(13-11-21)20-27(32)29-24-16-14-23(15-17-24)28(33)30(2)25-8-4-5-9-26(25)31-18-6-3-7-19-31/h4-5,8-17H,3,6-7,18-20H2,1-2H3,(H,29,32). The fourth-order valence-electron chi connectivity index (χ4n) is 4.25. The first-order valence-electron chi connectivity index (χ1n) is 11.6. The van der Waals surface area contributed by atoms with Gasteiger partial charge >= 0.3 is 0 Å². The number of carbonyl (C=O) groups excluding carboxylic acids is 2. The predicted molar refractivity (Wildman–Crippen MR) is 135 cm³/mol. The van der Waals surface area contributed by atoms with E-state index < -0.39 is 0 Å². The van der Waals surface area contributed by atoms with E-state index in [-0.39, 0.29) is 11.8 Å². The van der Waals surface area contributed by atoms with Gasteiger partial charge < -0.3 is 15.1 Å². The van der Waals surface area contributed by atoms with Gasteiger partial charge in [0.05, 0.1) is 17.8 Å². The molecule has 4 rings (SSSR count). The fourth-order valence-corrected chi connectivity index (χ4v) is 4.25. The maximum absolute atomic E-state index is 13.2. The predicted octanol–water partition coefficient (Wildman–Crippen LogP) is 5.44. The van der Waals surface area contributed by atoms with E-state index in [1.165, 1.54) is 24.8 Å². The van der Waals surface area contributed by atoms with Crippen LogP contribution in [0.2, 0.25) is 0 Å². The summed E-state index contributed by atoms with van der Waals surface area (Å²) in [6, 6.07) is 23.1. The third-order valence-electron chi connectivity index (χ3n) is 6.15. The summed E-state index contributed by atoms with van der Waals surface area (Å²) < 4.78 is 0. The van der Waals surface area contributed by atoms with E-state index in [0.717, 1.165) is 30.0 Å². The third-order valence-corrected chi connectivity index (χ3v) is 6.15. The number of hydrogen-bond acceptors (Lipinski definition) is 3. The molecule has 1 aliphatic rings. The topological polar surface area (TPSA) is 52.7 Å². The number of nitrogens with zero attached hydrogens (tertiary/aromatic N) is 2. The van der Waals surface area contributed by atoms with Gasteiger partial charge in [-0.25, -0.2) is 0 Å². The fraction of sp³-hybridized carbons (Fsp3) is 0.286. The minimum Gasteiger partial charge on any atom is -0.370 e. The number of rotatable bonds is 6. The Kier molecular flexibility index (Phi) is 7.08. The van der Waals surface area contributed by atoms with Crippen LogP contribution in [0.3, 0.4) is 0 Å². The molecule has 33 heavy (non-hydrogen) atoms. The zero-order valence-corrected chi connectivity index (χ0v) is 19.4. The van der Waals surface area contributed by atoms with Crippen LogP contribution in [-0.4, -0.2) is 32.0 Å². The Bertz CT molecular complexity index is 1100. The average molecular weight is 442 g/mol. The van der Waals surface area contributed by atoms with E-state index in [0.29, 0.717) is 17.7 Å². The molecule has 5 heteroatoms. The maximum atomic E-state index is 13.2. The molecule has 2 amide bonds. The van der Waals surface area contributed by atoms with Crippen molar-refractivity contribution in [2.75, 3.05) is 35.3 Å². The van der Waals surface area contributed by atoms with Crippen LogP contribution in [0.4, 0.5) is 17.1 Å². The second-order valence-corrected chi connectivity index (χ2v) is 8.69. The molecule has 0 spiro atoms. The number of anilines is 3. The van der Waals surface area contributed by atoms with Crippen molar-refractivity contribution in [3.63, 3.8) is 0 Å². The summed E-state index contributed by atoms with van der Waals surface area (Å²) in [5.41, 5.74) is 5.43. The van der Waals surface area contributed by atoms with Crippen molar-refractivity contribution < 1.29 is 9.59 Å². The lowest BCUT2D eigenvalue weighted by molar-refractivity contribution is -0.115. The lowest BCUT2D eigenvalue weighted by Crippen LogP contribution is -2.33. The van der Waals surface area contributed by atoms with Gasteiger partial charge in [0.1, 0.15) is 0 Å². The van der Waals surface area contributed by atoms with Gasteiger partial charge in [-0.15, -0.1) is 0 Å². The molecule has 0 aromatic heterocycles. The zero-order valence-electron chi connectivity index (χ0n) is 19.4. The maximum Gasteiger partial charge on any atom is 0.258 e. The molecule has 3 aromatic rings. The van der Waals surface area contributed by atoms with Gasteiger partial charge in [0.15, 0.2) is 0 Å². The molecular formula is C28H31N3O2. The molecule has 1 fully saturated rings. The molecule has 1 heterocycles. The highest BCUT2D eigenvalue weighted by molar-refractivity contribution is 6.07. The molecule has 0 saturated carbocycles. The summed E-state index contributed by atoms with van der Waals surface area (Å²) in [5, 5.41) is 2.91. The molecule has 1 saturated heterocycles. The summed E-state index contributed by atoms with van der Waals surface area (Å²) in [6.45, 7) is 4.07. The number of piperidine rings is 1. The van der Waals surface area contributed by atoms with Gasteiger partial charge in [-0.3, -0.25) is 9.59 Å². The molecular weight excluding hydrogens is 410 g/mol. The molecule has 170 valence electrons. The van der Waals surface area contributed by atoms with E-state index in [1.807, 2.05) is 56.4 Å². The summed E-state index contributed by atoms with van der Waals surface area (Å²) in [7, 11) is 1.82. The molecule has 1 N–H and O–H groups in total. The minimum atomic E-state index is -0.0782. The summed E-state index contributed by atoms with van der Waals surface area (Å²) in [5.74, 6) is -0.150. The Hall–Kier alpha value is -3.60. The Labute approximate surface area is 196 Å². The molecule has 3 aromatic carbocycles. The van der Waals surface area contributed by atoms with E-state index in [1.54, 1.807) is 29.2 Å². The Morgan fingerprint density at radius 2 is 1.55 bits per heavy atom. The highest BCUT2D eigenvalue weighted by atomic mass is 16.2. The number of amides is 2. The summed E-state index contributed by atoms with van der Waals surface area (Å²) in [4.78, 5) is 29.7. The van der Waals surface area contributed by atoms with Gasteiger partial charge in [0.25, 0.3) is 5.91 Å². The minimum absolute atomic E-state index is 0.0722. The van der Waals surface area contributed by atoms with Gasteiger partial charge in [0.2, 0.25) is 5.91 Å². The second kappa shape index (κ2) is 10.3. The van der Waals surface area contributed by atoms with E-state index >= 15 is 0 Å². The van der Waals surface area contributed by atoms with Crippen molar-refractivity contribution in [2.45, 2.75) is 32.6 Å². The van der Waals surface area contributed by atoms with Crippen LogP contribution in [0.5, 0.6) is 0 Å². The molecule has 0 radical (unpaired) electrons. The van der Waals surface area contributed by atoms with Crippen molar-refractivity contribution in [3.05, 3.63) is 89.5 Å². The number of nitrogens with one attached hydrogen (secondary N) is 1. The van der Waals surface area contributed by atoms with Crippen LogP contribution >= 0.6 is 0 Å². The first kappa shape index (κ1) is 22.6. The molecule has 0 atom stereocenters. The zero-order chi connectivity index (χ0) is 23.2. The van der Waals surface area contributed by atoms with Crippen molar-refractivity contribution in [3.8, 4) is 0 Å². The monoisotopic (exact) mass is 441 g/mol. The van der Waals surface area contributed by atoms with Crippen molar-refractivity contribution in [1.29, 1.82) is 0 Å². The van der Waals surface area contributed by atoms with Crippen LogP contribution < -0.4 is 15.1 Å². The number of hydrogen-bond donors (Lipinski definition) is 1. The van der Waals surface area contributed by atoms with Gasteiger partial charge in [-0.1, -0.05) is 42.0 Å². The normalized spacial score (nSPS) is 13.5. The molecule has 0 bridgehead atoms. The Morgan fingerprint density at radius 3 is 2.24 bits per heavy atom. The van der Waals surface area contributed by atoms with Crippen LogP contribution in [0.1, 0.15) is 40.7 Å². The Morgan fingerprint density at radius 1 is 0.879 bits per heavy atom. The molecule has 0 unspecified atom stereocenters. The van der Waals surface area contributed by atoms with Crippen LogP contribution in [0.25, 0.3) is 0 Å². The van der Waals surface area contributed by atoms with E-state index in [9.17, 15) is 9.59 Å². The van der Waals surface area contributed by atoms with Gasteiger partial charge in [-0.2, -0.15) is 0 Å². The lowest BCUT2D eigenvalue weighted by atomic mass is 10.1. The molecule has 1 aliphatic heterocycles. The van der Waals surface area contributed by atoms with Gasteiger partial charge in [-0.05, 0) is 68.1 Å². The molecule has 5 nitrogen and oxygen atoms in total. The number of carbonyl (C=O) groups is 2. The number of benzene rings is 3. The highest BCUT2D eigenvalue weighted by Crippen LogP contribution is 2.31. The SMILES string of the molecule is Cc1ccc(CC(=O)Nc2ccc(C(=O)N(C)c3ccccc3N3CCCCC3)cc2)cc1.